The lowest BCUT2D eigenvalue weighted by Crippen LogP contribution is -2.28. The second-order valence-corrected chi connectivity index (χ2v) is 5.57. The van der Waals surface area contributed by atoms with E-state index in [2.05, 4.69) is 57.3 Å². The van der Waals surface area contributed by atoms with Gasteiger partial charge in [0.1, 0.15) is 0 Å². The zero-order valence-electron chi connectivity index (χ0n) is 12.5. The van der Waals surface area contributed by atoms with Gasteiger partial charge in [-0.1, -0.05) is 45.0 Å². The van der Waals surface area contributed by atoms with E-state index in [-0.39, 0.29) is 0 Å². The van der Waals surface area contributed by atoms with Crippen LogP contribution in [0.25, 0.3) is 0 Å². The zero-order chi connectivity index (χ0) is 13.4. The van der Waals surface area contributed by atoms with E-state index < -0.39 is 0 Å². The van der Waals surface area contributed by atoms with Crippen LogP contribution in [0.5, 0.6) is 0 Å². The smallest absolute Gasteiger partial charge is 0.00413 e. The lowest BCUT2D eigenvalue weighted by Gasteiger charge is -2.18. The van der Waals surface area contributed by atoms with Crippen molar-refractivity contribution in [3.63, 3.8) is 0 Å². The van der Waals surface area contributed by atoms with Crippen LogP contribution in [0, 0.1) is 5.92 Å². The number of rotatable bonds is 8. The van der Waals surface area contributed by atoms with Crippen LogP contribution in [0.3, 0.4) is 0 Å². The summed E-state index contributed by atoms with van der Waals surface area (Å²) >= 11 is 0. The number of benzene rings is 1. The molecule has 1 nitrogen and oxygen atoms in total. The van der Waals surface area contributed by atoms with Gasteiger partial charge in [-0.3, -0.25) is 0 Å². The predicted octanol–water partition coefficient (Wildman–Crippen LogP) is 4.21. The summed E-state index contributed by atoms with van der Waals surface area (Å²) in [5, 5.41) is 3.57. The van der Waals surface area contributed by atoms with E-state index in [4.69, 9.17) is 0 Å². The van der Waals surface area contributed by atoms with Crippen LogP contribution < -0.4 is 5.32 Å². The van der Waals surface area contributed by atoms with Crippen molar-refractivity contribution in [1.29, 1.82) is 0 Å². The average molecular weight is 247 g/mol. The van der Waals surface area contributed by atoms with Gasteiger partial charge in [-0.15, -0.1) is 0 Å². The Kier molecular flexibility index (Phi) is 7.04. The molecule has 1 aromatic carbocycles. The zero-order valence-corrected chi connectivity index (χ0v) is 12.5. The average Bonchev–Trinajstić information content (AvgIpc) is 2.37. The van der Waals surface area contributed by atoms with Gasteiger partial charge in [0.05, 0.1) is 0 Å². The van der Waals surface area contributed by atoms with Gasteiger partial charge < -0.3 is 5.32 Å². The molecule has 0 aliphatic carbocycles. The molecule has 0 spiro atoms. The van der Waals surface area contributed by atoms with Crippen molar-refractivity contribution in [1.82, 2.24) is 5.32 Å². The Labute approximate surface area is 113 Å². The van der Waals surface area contributed by atoms with Crippen LogP contribution in [-0.4, -0.2) is 12.6 Å². The summed E-state index contributed by atoms with van der Waals surface area (Å²) in [4.78, 5) is 0. The Morgan fingerprint density at radius 1 is 1.00 bits per heavy atom. The molecule has 0 aromatic heterocycles. The molecule has 2 unspecified atom stereocenters. The highest BCUT2D eigenvalue weighted by Gasteiger charge is 2.08. The molecule has 0 heterocycles. The van der Waals surface area contributed by atoms with E-state index in [1.807, 2.05) is 0 Å². The summed E-state index contributed by atoms with van der Waals surface area (Å²) in [5.41, 5.74) is 2.91. The normalized spacial score (nSPS) is 14.4. The Morgan fingerprint density at radius 2 is 1.61 bits per heavy atom. The maximum atomic E-state index is 3.57. The van der Waals surface area contributed by atoms with E-state index in [0.717, 1.165) is 18.9 Å². The minimum absolute atomic E-state index is 0.634. The summed E-state index contributed by atoms with van der Waals surface area (Å²) in [5.74, 6) is 0.747. The monoisotopic (exact) mass is 247 g/mol. The highest BCUT2D eigenvalue weighted by Crippen LogP contribution is 2.15. The lowest BCUT2D eigenvalue weighted by atomic mass is 9.94. The summed E-state index contributed by atoms with van der Waals surface area (Å²) in [6, 6.07) is 9.75. The van der Waals surface area contributed by atoms with Gasteiger partial charge >= 0.3 is 0 Å². The molecule has 2 atom stereocenters. The quantitative estimate of drug-likeness (QED) is 0.726. The third-order valence-corrected chi connectivity index (χ3v) is 3.51. The van der Waals surface area contributed by atoms with Gasteiger partial charge in [0.15, 0.2) is 0 Å². The van der Waals surface area contributed by atoms with E-state index in [0.29, 0.717) is 6.04 Å². The number of aryl methyl sites for hydroxylation is 1. The topological polar surface area (TPSA) is 12.0 Å². The lowest BCUT2D eigenvalue weighted by molar-refractivity contribution is 0.420. The van der Waals surface area contributed by atoms with E-state index in [1.165, 1.54) is 30.4 Å². The molecule has 0 amide bonds. The molecular weight excluding hydrogens is 218 g/mol. The van der Waals surface area contributed by atoms with Crippen LogP contribution in [-0.2, 0) is 12.8 Å². The maximum absolute atomic E-state index is 3.57. The van der Waals surface area contributed by atoms with E-state index in [9.17, 15) is 0 Å². The fourth-order valence-corrected chi connectivity index (χ4v) is 2.47. The third kappa shape index (κ3) is 5.68. The largest absolute Gasteiger partial charge is 0.314 e. The highest BCUT2D eigenvalue weighted by molar-refractivity contribution is 5.22. The second kappa shape index (κ2) is 8.31. The van der Waals surface area contributed by atoms with Crippen LogP contribution in [0.1, 0.15) is 51.7 Å². The minimum Gasteiger partial charge on any atom is -0.314 e. The molecule has 0 saturated carbocycles. The summed E-state index contributed by atoms with van der Waals surface area (Å²) in [7, 11) is 0. The first-order valence-corrected chi connectivity index (χ1v) is 7.46. The van der Waals surface area contributed by atoms with Crippen molar-refractivity contribution in [2.24, 2.45) is 5.92 Å². The van der Waals surface area contributed by atoms with Crippen molar-refractivity contribution >= 4 is 0 Å². The van der Waals surface area contributed by atoms with Gasteiger partial charge in [0.25, 0.3) is 0 Å². The second-order valence-electron chi connectivity index (χ2n) is 5.57. The summed E-state index contributed by atoms with van der Waals surface area (Å²) < 4.78 is 0. The Hall–Kier alpha value is -0.820. The molecule has 0 aliphatic rings. The van der Waals surface area contributed by atoms with Crippen LogP contribution in [0.2, 0.25) is 0 Å². The number of hydrogen-bond donors (Lipinski definition) is 1. The molecule has 0 aliphatic heterocycles. The molecule has 1 heteroatoms. The van der Waals surface area contributed by atoms with Gasteiger partial charge in [-0.25, -0.2) is 0 Å². The molecule has 18 heavy (non-hydrogen) atoms. The van der Waals surface area contributed by atoms with Crippen molar-refractivity contribution in [2.45, 2.75) is 59.4 Å². The van der Waals surface area contributed by atoms with Gasteiger partial charge in [0, 0.05) is 6.04 Å². The Morgan fingerprint density at radius 3 is 2.17 bits per heavy atom. The molecule has 0 bridgehead atoms. The Balaban J connectivity index is 2.36. The van der Waals surface area contributed by atoms with Crippen LogP contribution in [0.4, 0.5) is 0 Å². The standard InChI is InChI=1S/C17H29N/c1-5-11-18-15(4)12-14(3)13-17-9-7-16(6-2)8-10-17/h7-10,14-15,18H,5-6,11-13H2,1-4H3. The molecule has 1 rings (SSSR count). The molecule has 0 radical (unpaired) electrons. The molecule has 102 valence electrons. The maximum Gasteiger partial charge on any atom is 0.00413 e. The first-order valence-electron chi connectivity index (χ1n) is 7.46. The van der Waals surface area contributed by atoms with E-state index in [1.54, 1.807) is 0 Å². The fraction of sp³-hybridized carbons (Fsp3) is 0.647. The first kappa shape index (κ1) is 15.2. The fourth-order valence-electron chi connectivity index (χ4n) is 2.47. The molecule has 1 aromatic rings. The highest BCUT2D eigenvalue weighted by atomic mass is 14.9. The van der Waals surface area contributed by atoms with Gasteiger partial charge in [-0.05, 0) is 56.2 Å². The first-order chi connectivity index (χ1) is 8.65. The third-order valence-electron chi connectivity index (χ3n) is 3.51. The molecule has 1 N–H and O–H groups in total. The summed E-state index contributed by atoms with van der Waals surface area (Å²) in [6.45, 7) is 10.2. The number of hydrogen-bond acceptors (Lipinski definition) is 1. The van der Waals surface area contributed by atoms with Crippen molar-refractivity contribution < 1.29 is 0 Å². The van der Waals surface area contributed by atoms with Gasteiger partial charge in [-0.2, -0.15) is 0 Å². The van der Waals surface area contributed by atoms with Crippen molar-refractivity contribution in [3.8, 4) is 0 Å². The predicted molar refractivity (Wildman–Crippen MR) is 81.1 cm³/mol. The van der Waals surface area contributed by atoms with Crippen molar-refractivity contribution in [2.75, 3.05) is 6.54 Å². The van der Waals surface area contributed by atoms with Gasteiger partial charge in [0.2, 0.25) is 0 Å². The molecular formula is C17H29N. The molecule has 0 saturated heterocycles. The molecule has 0 fully saturated rings. The minimum atomic E-state index is 0.634. The number of nitrogens with one attached hydrogen (secondary N) is 1. The summed E-state index contributed by atoms with van der Waals surface area (Å²) in [6.07, 6.45) is 4.81. The van der Waals surface area contributed by atoms with Crippen LogP contribution >= 0.6 is 0 Å². The SMILES string of the molecule is CCCNC(C)CC(C)Cc1ccc(CC)cc1. The van der Waals surface area contributed by atoms with E-state index >= 15 is 0 Å². The van der Waals surface area contributed by atoms with Crippen molar-refractivity contribution in [3.05, 3.63) is 35.4 Å². The Bertz CT molecular complexity index is 315. The van der Waals surface area contributed by atoms with Crippen LogP contribution in [0.15, 0.2) is 24.3 Å².